The Labute approximate surface area is 118 Å². The summed E-state index contributed by atoms with van der Waals surface area (Å²) in [5.41, 5.74) is 1.04. The van der Waals surface area contributed by atoms with Crippen LogP contribution in [0.15, 0.2) is 12.3 Å². The van der Waals surface area contributed by atoms with E-state index in [1.807, 2.05) is 20.8 Å². The van der Waals surface area contributed by atoms with Crippen molar-refractivity contribution in [2.45, 2.75) is 45.3 Å². The molecule has 1 aliphatic heterocycles. The normalized spacial score (nSPS) is 22.0. The van der Waals surface area contributed by atoms with Gasteiger partial charge >= 0.3 is 0 Å². The van der Waals surface area contributed by atoms with Crippen LogP contribution in [0.5, 0.6) is 0 Å². The van der Waals surface area contributed by atoms with Gasteiger partial charge in [-0.3, -0.25) is 9.78 Å². The number of rotatable bonds is 2. The molecule has 0 saturated carbocycles. The molecule has 2 heterocycles. The number of hydrogen-bond donors (Lipinski definition) is 1. The number of aryl methyl sites for hydroxylation is 1. The van der Waals surface area contributed by atoms with Gasteiger partial charge < -0.3 is 10.1 Å². The van der Waals surface area contributed by atoms with Crippen molar-refractivity contribution in [2.24, 2.45) is 0 Å². The summed E-state index contributed by atoms with van der Waals surface area (Å²) in [6.45, 7) is 6.57. The molecule has 1 unspecified atom stereocenters. The number of hydrogen-bond acceptors (Lipinski definition) is 3. The van der Waals surface area contributed by atoms with Crippen LogP contribution >= 0.6 is 11.6 Å². The third kappa shape index (κ3) is 3.67. The van der Waals surface area contributed by atoms with Crippen LogP contribution in [0.1, 0.15) is 42.7 Å². The number of carbonyl (C=O) groups is 1. The van der Waals surface area contributed by atoms with Gasteiger partial charge in [0.2, 0.25) is 0 Å². The predicted molar refractivity (Wildman–Crippen MR) is 74.5 cm³/mol. The first kappa shape index (κ1) is 14.3. The van der Waals surface area contributed by atoms with E-state index in [0.717, 1.165) is 18.5 Å². The summed E-state index contributed by atoms with van der Waals surface area (Å²) in [5, 5.41) is 3.45. The molecule has 19 heavy (non-hydrogen) atoms. The van der Waals surface area contributed by atoms with Gasteiger partial charge in [-0.1, -0.05) is 11.6 Å². The highest BCUT2D eigenvalue weighted by Gasteiger charge is 2.30. The van der Waals surface area contributed by atoms with E-state index in [0.29, 0.717) is 17.2 Å². The Hall–Kier alpha value is -1.13. The van der Waals surface area contributed by atoms with Gasteiger partial charge in [-0.05, 0) is 39.7 Å². The Morgan fingerprint density at radius 3 is 2.95 bits per heavy atom. The molecule has 5 heteroatoms. The minimum atomic E-state index is -0.189. The van der Waals surface area contributed by atoms with Crippen molar-refractivity contribution in [1.29, 1.82) is 0 Å². The lowest BCUT2D eigenvalue weighted by molar-refractivity contribution is -0.0615. The van der Waals surface area contributed by atoms with E-state index in [1.54, 1.807) is 6.07 Å². The number of ether oxygens (including phenoxy) is 1. The Kier molecular flexibility index (Phi) is 4.11. The molecular weight excluding hydrogens is 264 g/mol. The highest BCUT2D eigenvalue weighted by molar-refractivity contribution is 6.33. The largest absolute Gasteiger partial charge is 0.375 e. The van der Waals surface area contributed by atoms with Crippen molar-refractivity contribution in [1.82, 2.24) is 10.3 Å². The Bertz CT molecular complexity index is 488. The van der Waals surface area contributed by atoms with E-state index < -0.39 is 0 Å². The highest BCUT2D eigenvalue weighted by atomic mass is 35.5. The topological polar surface area (TPSA) is 51.2 Å². The molecule has 104 valence electrons. The third-order valence-corrected chi connectivity index (χ3v) is 3.58. The summed E-state index contributed by atoms with van der Waals surface area (Å²) in [4.78, 5) is 16.3. The first-order chi connectivity index (χ1) is 8.87. The van der Waals surface area contributed by atoms with Crippen molar-refractivity contribution in [3.63, 3.8) is 0 Å². The van der Waals surface area contributed by atoms with Crippen molar-refractivity contribution < 1.29 is 9.53 Å². The van der Waals surface area contributed by atoms with E-state index in [1.165, 1.54) is 6.20 Å². The average Bonchev–Trinajstić information content (AvgIpc) is 2.27. The lowest BCUT2D eigenvalue weighted by Crippen LogP contribution is -2.45. The summed E-state index contributed by atoms with van der Waals surface area (Å²) < 4.78 is 5.63. The molecule has 1 aromatic heterocycles. The zero-order chi connectivity index (χ0) is 14.0. The smallest absolute Gasteiger partial charge is 0.254 e. The van der Waals surface area contributed by atoms with Gasteiger partial charge in [0.25, 0.3) is 5.91 Å². The van der Waals surface area contributed by atoms with Crippen LogP contribution in [-0.4, -0.2) is 29.1 Å². The third-order valence-electron chi connectivity index (χ3n) is 3.27. The SMILES string of the molecule is Cc1cc(Cl)c(C(=O)NC2CCOC(C)(C)C2)cn1. The van der Waals surface area contributed by atoms with Crippen molar-refractivity contribution in [2.75, 3.05) is 6.61 Å². The molecule has 1 aromatic rings. The Morgan fingerprint density at radius 2 is 2.32 bits per heavy atom. The lowest BCUT2D eigenvalue weighted by Gasteiger charge is -2.35. The number of halogens is 1. The van der Waals surface area contributed by atoms with Crippen molar-refractivity contribution in [3.8, 4) is 0 Å². The average molecular weight is 283 g/mol. The van der Waals surface area contributed by atoms with Crippen LogP contribution in [0, 0.1) is 6.92 Å². The van der Waals surface area contributed by atoms with Gasteiger partial charge in [0.1, 0.15) is 0 Å². The van der Waals surface area contributed by atoms with Crippen LogP contribution in [0.3, 0.4) is 0 Å². The van der Waals surface area contributed by atoms with Gasteiger partial charge in [0, 0.05) is 24.5 Å². The molecule has 1 amide bonds. The van der Waals surface area contributed by atoms with Crippen LogP contribution in [-0.2, 0) is 4.74 Å². The van der Waals surface area contributed by atoms with Gasteiger partial charge in [0.15, 0.2) is 0 Å². The molecule has 0 bridgehead atoms. The second-order valence-electron chi connectivity index (χ2n) is 5.58. The molecule has 0 spiro atoms. The van der Waals surface area contributed by atoms with Gasteiger partial charge in [0.05, 0.1) is 16.2 Å². The minimum absolute atomic E-state index is 0.119. The molecule has 2 rings (SSSR count). The quantitative estimate of drug-likeness (QED) is 0.907. The molecule has 1 N–H and O–H groups in total. The van der Waals surface area contributed by atoms with Crippen LogP contribution in [0.2, 0.25) is 5.02 Å². The molecular formula is C14H19ClN2O2. The fraction of sp³-hybridized carbons (Fsp3) is 0.571. The Balaban J connectivity index is 2.04. The fourth-order valence-corrected chi connectivity index (χ4v) is 2.60. The summed E-state index contributed by atoms with van der Waals surface area (Å²) in [5.74, 6) is -0.166. The monoisotopic (exact) mass is 282 g/mol. The first-order valence-corrected chi connectivity index (χ1v) is 6.82. The molecule has 1 fully saturated rings. The maximum atomic E-state index is 12.2. The van der Waals surface area contributed by atoms with E-state index in [9.17, 15) is 4.79 Å². The summed E-state index contributed by atoms with van der Waals surface area (Å²) in [6.07, 6.45) is 3.15. The van der Waals surface area contributed by atoms with Crippen molar-refractivity contribution >= 4 is 17.5 Å². The van der Waals surface area contributed by atoms with E-state index in [-0.39, 0.29) is 17.6 Å². The maximum absolute atomic E-state index is 12.2. The predicted octanol–water partition coefficient (Wildman–Crippen LogP) is 2.73. The first-order valence-electron chi connectivity index (χ1n) is 6.44. The summed E-state index contributed by atoms with van der Waals surface area (Å²) >= 11 is 6.07. The van der Waals surface area contributed by atoms with Crippen LogP contribution < -0.4 is 5.32 Å². The second-order valence-corrected chi connectivity index (χ2v) is 5.98. The zero-order valence-electron chi connectivity index (χ0n) is 11.5. The molecule has 0 aliphatic carbocycles. The number of nitrogens with zero attached hydrogens (tertiary/aromatic N) is 1. The van der Waals surface area contributed by atoms with Gasteiger partial charge in [-0.2, -0.15) is 0 Å². The Morgan fingerprint density at radius 1 is 1.58 bits per heavy atom. The fourth-order valence-electron chi connectivity index (χ4n) is 2.31. The highest BCUT2D eigenvalue weighted by Crippen LogP contribution is 2.24. The van der Waals surface area contributed by atoms with Crippen molar-refractivity contribution in [3.05, 3.63) is 28.5 Å². The minimum Gasteiger partial charge on any atom is -0.375 e. The van der Waals surface area contributed by atoms with Gasteiger partial charge in [-0.15, -0.1) is 0 Å². The maximum Gasteiger partial charge on any atom is 0.254 e. The molecule has 1 saturated heterocycles. The zero-order valence-corrected chi connectivity index (χ0v) is 12.3. The van der Waals surface area contributed by atoms with E-state index >= 15 is 0 Å². The second kappa shape index (κ2) is 5.47. The number of nitrogens with one attached hydrogen (secondary N) is 1. The number of amides is 1. The molecule has 0 radical (unpaired) electrons. The number of pyridine rings is 1. The molecule has 1 aliphatic rings. The van der Waals surface area contributed by atoms with Gasteiger partial charge in [-0.25, -0.2) is 0 Å². The summed E-state index contributed by atoms with van der Waals surface area (Å²) in [6, 6.07) is 1.82. The van der Waals surface area contributed by atoms with Crippen LogP contribution in [0.25, 0.3) is 0 Å². The van der Waals surface area contributed by atoms with E-state index in [4.69, 9.17) is 16.3 Å². The van der Waals surface area contributed by atoms with E-state index in [2.05, 4.69) is 10.3 Å². The molecule has 1 atom stereocenters. The van der Waals surface area contributed by atoms with Crippen LogP contribution in [0.4, 0.5) is 0 Å². The molecule has 0 aromatic carbocycles. The summed E-state index contributed by atoms with van der Waals surface area (Å²) in [7, 11) is 0. The molecule has 4 nitrogen and oxygen atoms in total. The number of aromatic nitrogens is 1. The standard InChI is InChI=1S/C14H19ClN2O2/c1-9-6-12(15)11(8-16-9)13(18)17-10-4-5-19-14(2,3)7-10/h6,8,10H,4-5,7H2,1-3H3,(H,17,18). The number of carbonyl (C=O) groups excluding carboxylic acids is 1. The lowest BCUT2D eigenvalue weighted by atomic mass is 9.94.